The van der Waals surface area contributed by atoms with Crippen LogP contribution in [0.25, 0.3) is 0 Å². The van der Waals surface area contributed by atoms with Crippen molar-refractivity contribution in [3.8, 4) is 5.75 Å². The Morgan fingerprint density at radius 1 is 1.14 bits per heavy atom. The molecule has 0 fully saturated rings. The van der Waals surface area contributed by atoms with Crippen molar-refractivity contribution in [2.75, 3.05) is 5.32 Å². The largest absolute Gasteiger partial charge is 0.872 e. The van der Waals surface area contributed by atoms with Gasteiger partial charge in [0, 0.05) is 22.7 Å². The van der Waals surface area contributed by atoms with Gasteiger partial charge in [-0.3, -0.25) is 14.9 Å². The normalized spacial score (nSPS) is 10.2. The maximum Gasteiger partial charge on any atom is 0.270 e. The second-order valence-electron chi connectivity index (χ2n) is 4.02. The first-order valence-corrected chi connectivity index (χ1v) is 6.36. The molecule has 21 heavy (non-hydrogen) atoms. The number of nitro groups is 1. The van der Waals surface area contributed by atoms with Gasteiger partial charge in [-0.15, -0.1) is 0 Å². The first kappa shape index (κ1) is 15.1. The molecule has 0 aliphatic carbocycles. The van der Waals surface area contributed by atoms with E-state index in [2.05, 4.69) is 5.32 Å². The second-order valence-corrected chi connectivity index (χ2v) is 4.86. The topological polar surface area (TPSA) is 95.3 Å². The summed E-state index contributed by atoms with van der Waals surface area (Å²) in [7, 11) is 0. The molecule has 0 radical (unpaired) electrons. The van der Waals surface area contributed by atoms with Crippen LogP contribution in [-0.2, 0) is 0 Å². The molecule has 1 N–H and O–H groups in total. The monoisotopic (exact) mass is 325 g/mol. The summed E-state index contributed by atoms with van der Waals surface area (Å²) in [5, 5.41) is 25.3. The number of halogens is 2. The van der Waals surface area contributed by atoms with Crippen LogP contribution in [-0.4, -0.2) is 10.8 Å². The van der Waals surface area contributed by atoms with Gasteiger partial charge in [0.1, 0.15) is 0 Å². The molecule has 2 aromatic carbocycles. The lowest BCUT2D eigenvalue weighted by molar-refractivity contribution is -0.385. The first-order valence-electron chi connectivity index (χ1n) is 5.60. The number of amides is 1. The minimum absolute atomic E-state index is 0.208. The predicted octanol–water partition coefficient (Wildman–Crippen LogP) is 3.23. The molecular weight excluding hydrogens is 319 g/mol. The molecule has 2 aromatic rings. The van der Waals surface area contributed by atoms with E-state index in [-0.39, 0.29) is 22.0 Å². The van der Waals surface area contributed by atoms with Crippen molar-refractivity contribution < 1.29 is 14.8 Å². The first-order chi connectivity index (χ1) is 9.88. The maximum absolute atomic E-state index is 12.0. The highest BCUT2D eigenvalue weighted by atomic mass is 35.5. The van der Waals surface area contributed by atoms with E-state index < -0.39 is 16.6 Å². The molecular formula is C13H7Cl2N2O4-. The lowest BCUT2D eigenvalue weighted by Gasteiger charge is -2.13. The van der Waals surface area contributed by atoms with E-state index in [4.69, 9.17) is 23.2 Å². The van der Waals surface area contributed by atoms with Crippen LogP contribution in [0.3, 0.4) is 0 Å². The van der Waals surface area contributed by atoms with Gasteiger partial charge >= 0.3 is 0 Å². The van der Waals surface area contributed by atoms with Gasteiger partial charge < -0.3 is 10.4 Å². The average Bonchev–Trinajstić information content (AvgIpc) is 2.43. The fraction of sp³-hybridized carbons (Fsp3) is 0. The molecule has 2 rings (SSSR count). The summed E-state index contributed by atoms with van der Waals surface area (Å²) in [5.74, 6) is -1.43. The quantitative estimate of drug-likeness (QED) is 0.692. The van der Waals surface area contributed by atoms with Crippen LogP contribution < -0.4 is 10.4 Å². The maximum atomic E-state index is 12.0. The number of anilines is 1. The lowest BCUT2D eigenvalue weighted by atomic mass is 10.1. The number of hydrogen-bond acceptors (Lipinski definition) is 4. The van der Waals surface area contributed by atoms with Gasteiger partial charge in [-0.1, -0.05) is 35.0 Å². The third-order valence-electron chi connectivity index (χ3n) is 2.60. The number of benzene rings is 2. The zero-order chi connectivity index (χ0) is 15.6. The molecule has 8 heteroatoms. The minimum atomic E-state index is -0.798. The van der Waals surface area contributed by atoms with Crippen molar-refractivity contribution in [1.82, 2.24) is 0 Å². The third-order valence-corrected chi connectivity index (χ3v) is 3.16. The average molecular weight is 326 g/mol. The van der Waals surface area contributed by atoms with Crippen molar-refractivity contribution in [2.24, 2.45) is 0 Å². The number of nitrogens with one attached hydrogen (secondary N) is 1. The summed E-state index contributed by atoms with van der Waals surface area (Å²) >= 11 is 11.7. The number of carbonyl (C=O) groups excluding carboxylic acids is 1. The smallest absolute Gasteiger partial charge is 0.270 e. The van der Waals surface area contributed by atoms with Crippen LogP contribution in [0.2, 0.25) is 10.0 Å². The van der Waals surface area contributed by atoms with Gasteiger partial charge in [0.15, 0.2) is 0 Å². The lowest BCUT2D eigenvalue weighted by Crippen LogP contribution is -2.15. The van der Waals surface area contributed by atoms with Gasteiger partial charge in [-0.25, -0.2) is 0 Å². The van der Waals surface area contributed by atoms with Gasteiger partial charge in [0.25, 0.3) is 11.6 Å². The van der Waals surface area contributed by atoms with E-state index in [1.165, 1.54) is 18.2 Å². The summed E-state index contributed by atoms with van der Waals surface area (Å²) in [5.41, 5.74) is -0.489. The Morgan fingerprint density at radius 2 is 1.86 bits per heavy atom. The highest BCUT2D eigenvalue weighted by Crippen LogP contribution is 2.27. The van der Waals surface area contributed by atoms with Crippen LogP contribution in [0, 0.1) is 10.1 Å². The Bertz CT molecular complexity index is 734. The Labute approximate surface area is 129 Å². The SMILES string of the molecule is O=C(Nc1cc(Cl)ccc1Cl)c1cc([N+](=O)[O-])ccc1[O-]. The Hall–Kier alpha value is -2.31. The molecule has 0 atom stereocenters. The van der Waals surface area contributed by atoms with Crippen LogP contribution in [0.5, 0.6) is 5.75 Å². The van der Waals surface area contributed by atoms with Crippen molar-refractivity contribution in [3.05, 3.63) is 62.1 Å². The van der Waals surface area contributed by atoms with E-state index in [0.717, 1.165) is 18.2 Å². The van der Waals surface area contributed by atoms with Crippen LogP contribution in [0.1, 0.15) is 10.4 Å². The van der Waals surface area contributed by atoms with Crippen molar-refractivity contribution in [1.29, 1.82) is 0 Å². The molecule has 0 aliphatic rings. The molecule has 0 bridgehead atoms. The highest BCUT2D eigenvalue weighted by molar-refractivity contribution is 6.35. The highest BCUT2D eigenvalue weighted by Gasteiger charge is 2.14. The molecule has 6 nitrogen and oxygen atoms in total. The van der Waals surface area contributed by atoms with Crippen LogP contribution >= 0.6 is 23.2 Å². The fourth-order valence-corrected chi connectivity index (χ4v) is 1.93. The summed E-state index contributed by atoms with van der Waals surface area (Å²) in [6.07, 6.45) is 0. The van der Waals surface area contributed by atoms with E-state index in [1.54, 1.807) is 0 Å². The third kappa shape index (κ3) is 3.42. The summed E-state index contributed by atoms with van der Waals surface area (Å²) in [6.45, 7) is 0. The van der Waals surface area contributed by atoms with Crippen LogP contribution in [0.4, 0.5) is 11.4 Å². The second kappa shape index (κ2) is 5.99. The van der Waals surface area contributed by atoms with Crippen molar-refractivity contribution >= 4 is 40.5 Å². The van der Waals surface area contributed by atoms with Crippen molar-refractivity contribution in [2.45, 2.75) is 0 Å². The van der Waals surface area contributed by atoms with E-state index in [0.29, 0.717) is 5.02 Å². The Morgan fingerprint density at radius 3 is 2.52 bits per heavy atom. The minimum Gasteiger partial charge on any atom is -0.872 e. The van der Waals surface area contributed by atoms with Gasteiger partial charge in [-0.05, 0) is 18.2 Å². The summed E-state index contributed by atoms with van der Waals surface area (Å²) in [6, 6.07) is 7.33. The van der Waals surface area contributed by atoms with Crippen LogP contribution in [0.15, 0.2) is 36.4 Å². The summed E-state index contributed by atoms with van der Waals surface area (Å²) < 4.78 is 0. The van der Waals surface area contributed by atoms with Gasteiger partial charge in [0.2, 0.25) is 0 Å². The standard InChI is InChI=1S/C13H8Cl2N2O4/c14-7-1-3-10(15)11(5-7)16-13(19)9-6-8(17(20)21)2-4-12(9)18/h1-6,18H,(H,16,19)/p-1. The molecule has 0 saturated carbocycles. The molecule has 108 valence electrons. The zero-order valence-corrected chi connectivity index (χ0v) is 11.8. The molecule has 0 saturated heterocycles. The Kier molecular flexibility index (Phi) is 4.30. The summed E-state index contributed by atoms with van der Waals surface area (Å²) in [4.78, 5) is 22.0. The molecule has 0 unspecified atom stereocenters. The van der Waals surface area contributed by atoms with Gasteiger partial charge in [0.05, 0.1) is 15.6 Å². The predicted molar refractivity (Wildman–Crippen MR) is 77.0 cm³/mol. The number of carbonyl (C=O) groups is 1. The van der Waals surface area contributed by atoms with Gasteiger partial charge in [-0.2, -0.15) is 0 Å². The van der Waals surface area contributed by atoms with E-state index in [1.807, 2.05) is 0 Å². The number of hydrogen-bond donors (Lipinski definition) is 1. The number of nitrogens with zero attached hydrogens (tertiary/aromatic N) is 1. The zero-order valence-electron chi connectivity index (χ0n) is 10.3. The van der Waals surface area contributed by atoms with Crippen molar-refractivity contribution in [3.63, 3.8) is 0 Å². The molecule has 0 aromatic heterocycles. The van der Waals surface area contributed by atoms with E-state index in [9.17, 15) is 20.0 Å². The molecule has 1 amide bonds. The number of rotatable bonds is 3. The number of nitro benzene ring substituents is 1. The fourth-order valence-electron chi connectivity index (χ4n) is 1.59. The molecule has 0 heterocycles. The molecule has 0 spiro atoms. The van der Waals surface area contributed by atoms with E-state index >= 15 is 0 Å². The Balaban J connectivity index is 2.34. The number of non-ortho nitro benzene ring substituents is 1. The molecule has 0 aliphatic heterocycles.